The lowest BCUT2D eigenvalue weighted by Crippen LogP contribution is -2.02. The Labute approximate surface area is 154 Å². The van der Waals surface area contributed by atoms with Gasteiger partial charge in [0, 0.05) is 0 Å². The number of methoxy groups -OCH3 is 2. The van der Waals surface area contributed by atoms with Crippen LogP contribution in [0.15, 0.2) is 0 Å². The van der Waals surface area contributed by atoms with Crippen molar-refractivity contribution in [3.8, 4) is 11.9 Å². The van der Waals surface area contributed by atoms with Crippen molar-refractivity contribution in [2.75, 3.05) is 33.6 Å². The zero-order valence-corrected chi connectivity index (χ0v) is 17.1. The van der Waals surface area contributed by atoms with E-state index in [2.05, 4.69) is 9.97 Å². The zero-order chi connectivity index (χ0) is 18.7. The number of hydrogen-bond donors (Lipinski definition) is 0. The van der Waals surface area contributed by atoms with E-state index in [1.165, 1.54) is 7.11 Å². The van der Waals surface area contributed by atoms with Crippen LogP contribution in [0.5, 0.6) is 11.9 Å². The predicted molar refractivity (Wildman–Crippen MR) is 98.0 cm³/mol. The van der Waals surface area contributed by atoms with Crippen molar-refractivity contribution in [1.29, 1.82) is 0 Å². The molecule has 0 aliphatic carbocycles. The van der Waals surface area contributed by atoms with Gasteiger partial charge >= 0.3 is 13.6 Å². The molecule has 0 saturated carbocycles. The number of aromatic nitrogens is 2. The molecule has 0 aliphatic rings. The molecule has 0 atom stereocenters. The fraction of sp³-hybridized carbons (Fsp3) is 0.750. The molecule has 1 heterocycles. The first-order valence-electron chi connectivity index (χ1n) is 8.52. The average molecular weight is 395 g/mol. The molecule has 25 heavy (non-hydrogen) atoms. The minimum Gasteiger partial charge on any atom is -0.481 e. The van der Waals surface area contributed by atoms with Crippen LogP contribution in [0.3, 0.4) is 0 Å². The first-order valence-corrected chi connectivity index (χ1v) is 10.6. The summed E-state index contributed by atoms with van der Waals surface area (Å²) in [6, 6.07) is 0.188. The summed E-state index contributed by atoms with van der Waals surface area (Å²) in [5.74, 6) is 0.439. The van der Waals surface area contributed by atoms with Crippen LogP contribution in [-0.4, -0.2) is 43.6 Å². The number of halogens is 1. The average Bonchev–Trinajstić information content (AvgIpc) is 2.58. The smallest absolute Gasteiger partial charge is 0.330 e. The minimum absolute atomic E-state index is 0.188. The third kappa shape index (κ3) is 7.48. The normalized spacial score (nSPS) is 11.6. The Morgan fingerprint density at radius 1 is 0.960 bits per heavy atom. The van der Waals surface area contributed by atoms with Crippen LogP contribution in [0.4, 0.5) is 0 Å². The van der Waals surface area contributed by atoms with Crippen molar-refractivity contribution in [3.63, 3.8) is 0 Å². The molecule has 0 aromatic carbocycles. The highest BCUT2D eigenvalue weighted by molar-refractivity contribution is 7.53. The number of rotatable bonds is 13. The zero-order valence-electron chi connectivity index (χ0n) is 15.4. The van der Waals surface area contributed by atoms with Crippen LogP contribution < -0.4 is 9.47 Å². The molecule has 0 unspecified atom stereocenters. The Kier molecular flexibility index (Phi) is 10.4. The number of ether oxygens (including phenoxy) is 2. The van der Waals surface area contributed by atoms with Crippen molar-refractivity contribution >= 4 is 19.2 Å². The fourth-order valence-corrected chi connectivity index (χ4v) is 4.39. The first-order chi connectivity index (χ1) is 12.0. The van der Waals surface area contributed by atoms with E-state index in [1.807, 2.05) is 13.8 Å². The Bertz CT molecular complexity index is 564. The third-order valence-electron chi connectivity index (χ3n) is 3.53. The molecule has 9 heteroatoms. The molecule has 0 bridgehead atoms. The molecule has 0 radical (unpaired) electrons. The summed E-state index contributed by atoms with van der Waals surface area (Å²) in [5, 5.41) is 0.348. The van der Waals surface area contributed by atoms with E-state index in [9.17, 15) is 4.57 Å². The van der Waals surface area contributed by atoms with Crippen LogP contribution in [-0.2, 0) is 20.0 Å². The molecule has 0 aliphatic heterocycles. The van der Waals surface area contributed by atoms with Gasteiger partial charge in [0.2, 0.25) is 5.88 Å². The van der Waals surface area contributed by atoms with Crippen molar-refractivity contribution in [2.45, 2.75) is 46.0 Å². The molecule has 0 saturated heterocycles. The number of nitrogens with zero attached hydrogens (tertiary/aromatic N) is 2. The monoisotopic (exact) mass is 394 g/mol. The summed E-state index contributed by atoms with van der Waals surface area (Å²) in [6.07, 6.45) is 4.75. The van der Waals surface area contributed by atoms with Gasteiger partial charge in [-0.15, -0.1) is 0 Å². The Hall–Kier alpha value is -0.880. The topological polar surface area (TPSA) is 79.8 Å². The van der Waals surface area contributed by atoms with E-state index in [1.54, 1.807) is 7.11 Å². The molecule has 144 valence electrons. The maximum Gasteiger partial charge on any atom is 0.330 e. The van der Waals surface area contributed by atoms with Gasteiger partial charge in [0.25, 0.3) is 0 Å². The van der Waals surface area contributed by atoms with Crippen LogP contribution in [0, 0.1) is 0 Å². The molecule has 0 N–H and O–H groups in total. The molecule has 7 nitrogen and oxygen atoms in total. The quantitative estimate of drug-likeness (QED) is 0.276. The van der Waals surface area contributed by atoms with Gasteiger partial charge in [0.1, 0.15) is 5.15 Å². The summed E-state index contributed by atoms with van der Waals surface area (Å²) in [7, 11) is 0.0917. The van der Waals surface area contributed by atoms with E-state index >= 15 is 0 Å². The van der Waals surface area contributed by atoms with E-state index in [0.717, 1.165) is 31.2 Å². The largest absolute Gasteiger partial charge is 0.481 e. The van der Waals surface area contributed by atoms with Gasteiger partial charge in [0.15, 0.2) is 0 Å². The van der Waals surface area contributed by atoms with Gasteiger partial charge in [0.05, 0.1) is 39.2 Å². The lowest BCUT2D eigenvalue weighted by molar-refractivity contribution is 0.219. The molecule has 1 aromatic heterocycles. The van der Waals surface area contributed by atoms with Gasteiger partial charge in [-0.1, -0.05) is 24.4 Å². The van der Waals surface area contributed by atoms with E-state index < -0.39 is 7.60 Å². The van der Waals surface area contributed by atoms with Gasteiger partial charge < -0.3 is 18.5 Å². The predicted octanol–water partition coefficient (Wildman–Crippen LogP) is 4.52. The molecular formula is C16H28ClN2O5P. The molecule has 1 rings (SSSR count). The second-order valence-corrected chi connectivity index (χ2v) is 7.87. The van der Waals surface area contributed by atoms with Crippen LogP contribution >= 0.6 is 19.2 Å². The first kappa shape index (κ1) is 22.2. The van der Waals surface area contributed by atoms with Gasteiger partial charge in [-0.3, -0.25) is 4.57 Å². The van der Waals surface area contributed by atoms with Gasteiger partial charge in [-0.25, -0.2) is 0 Å². The van der Waals surface area contributed by atoms with Crippen molar-refractivity contribution in [3.05, 3.63) is 10.7 Å². The van der Waals surface area contributed by atoms with E-state index in [4.69, 9.17) is 30.1 Å². The lowest BCUT2D eigenvalue weighted by atomic mass is 10.1. The molecule has 1 aromatic rings. The molecule has 0 amide bonds. The highest BCUT2D eigenvalue weighted by Crippen LogP contribution is 2.48. The van der Waals surface area contributed by atoms with Crippen molar-refractivity contribution in [1.82, 2.24) is 9.97 Å². The standard InChI is InChI=1S/C16H28ClN2O5P/c1-5-23-25(20,24-6-2)12-10-8-7-9-11-13-14(17)18-16(22-4)19-15(13)21-3/h5-12H2,1-4H3. The molecule has 0 fully saturated rings. The molecule has 0 spiro atoms. The second-order valence-electron chi connectivity index (χ2n) is 5.32. The maximum absolute atomic E-state index is 12.3. The Morgan fingerprint density at radius 2 is 1.60 bits per heavy atom. The summed E-state index contributed by atoms with van der Waals surface area (Å²) >= 11 is 6.18. The SMILES string of the molecule is CCOP(=O)(CCCCCCc1c(Cl)nc(OC)nc1OC)OCC. The number of unbranched alkanes of at least 4 members (excludes halogenated alkanes) is 3. The summed E-state index contributed by atoms with van der Waals surface area (Å²) in [5.41, 5.74) is 0.777. The number of hydrogen-bond acceptors (Lipinski definition) is 7. The minimum atomic E-state index is -2.93. The van der Waals surface area contributed by atoms with Crippen LogP contribution in [0.1, 0.15) is 45.1 Å². The van der Waals surface area contributed by atoms with Gasteiger partial charge in [-0.2, -0.15) is 9.97 Å². The van der Waals surface area contributed by atoms with E-state index in [-0.39, 0.29) is 6.01 Å². The highest BCUT2D eigenvalue weighted by atomic mass is 35.5. The van der Waals surface area contributed by atoms with Crippen LogP contribution in [0.25, 0.3) is 0 Å². The maximum atomic E-state index is 12.3. The Balaban J connectivity index is 2.42. The van der Waals surface area contributed by atoms with Gasteiger partial charge in [-0.05, 0) is 33.1 Å². The summed E-state index contributed by atoms with van der Waals surface area (Å²) < 4.78 is 33.2. The lowest BCUT2D eigenvalue weighted by Gasteiger charge is -2.16. The summed E-state index contributed by atoms with van der Waals surface area (Å²) in [4.78, 5) is 8.22. The highest BCUT2D eigenvalue weighted by Gasteiger charge is 2.22. The third-order valence-corrected chi connectivity index (χ3v) is 6.01. The summed E-state index contributed by atoms with van der Waals surface area (Å²) in [6.45, 7) is 4.43. The van der Waals surface area contributed by atoms with E-state index in [0.29, 0.717) is 36.8 Å². The Morgan fingerprint density at radius 3 is 2.16 bits per heavy atom. The van der Waals surface area contributed by atoms with Crippen LogP contribution in [0.2, 0.25) is 5.15 Å². The molecular weight excluding hydrogens is 367 g/mol. The van der Waals surface area contributed by atoms with Crippen molar-refractivity contribution < 1.29 is 23.1 Å². The fourth-order valence-electron chi connectivity index (χ4n) is 2.41. The van der Waals surface area contributed by atoms with Crippen molar-refractivity contribution in [2.24, 2.45) is 0 Å². The second kappa shape index (κ2) is 11.7.